The minimum absolute atomic E-state index is 0.0255. The minimum Gasteiger partial charge on any atom is -0.469 e. The van der Waals surface area contributed by atoms with Crippen molar-refractivity contribution < 1.29 is 14.3 Å². The smallest absolute Gasteiger partial charge is 0.307 e. The molecule has 0 radical (unpaired) electrons. The van der Waals surface area contributed by atoms with E-state index in [2.05, 4.69) is 10.1 Å². The van der Waals surface area contributed by atoms with E-state index in [1.165, 1.54) is 7.11 Å². The van der Waals surface area contributed by atoms with E-state index in [4.69, 9.17) is 0 Å². The van der Waals surface area contributed by atoms with Crippen LogP contribution in [0, 0.1) is 0 Å². The zero-order valence-electron chi connectivity index (χ0n) is 7.84. The van der Waals surface area contributed by atoms with Crippen LogP contribution in [-0.2, 0) is 14.3 Å². The quantitative estimate of drug-likeness (QED) is 0.641. The van der Waals surface area contributed by atoms with E-state index in [1.807, 2.05) is 0 Å². The van der Waals surface area contributed by atoms with Crippen LogP contribution < -0.4 is 5.32 Å². The molecular formula is C9H15NO3. The monoisotopic (exact) mass is 185 g/mol. The Kier molecular flexibility index (Phi) is 3.73. The Labute approximate surface area is 77.6 Å². The maximum absolute atomic E-state index is 11.1. The molecule has 0 aromatic heterocycles. The lowest BCUT2D eigenvalue weighted by molar-refractivity contribution is -0.141. The summed E-state index contributed by atoms with van der Waals surface area (Å²) in [4.78, 5) is 22.0. The summed E-state index contributed by atoms with van der Waals surface area (Å²) in [7, 11) is 1.36. The van der Waals surface area contributed by atoms with Gasteiger partial charge in [0.05, 0.1) is 13.5 Å². The third-order valence-corrected chi connectivity index (χ3v) is 2.21. The maximum atomic E-state index is 11.1. The molecule has 1 fully saturated rings. The molecule has 1 aliphatic rings. The van der Waals surface area contributed by atoms with Gasteiger partial charge in [0.25, 0.3) is 0 Å². The van der Waals surface area contributed by atoms with Crippen molar-refractivity contribution in [2.45, 2.75) is 38.1 Å². The molecule has 1 rings (SSSR count). The first kappa shape index (κ1) is 10.0. The van der Waals surface area contributed by atoms with Gasteiger partial charge in [-0.1, -0.05) is 6.42 Å². The molecule has 0 aromatic rings. The third-order valence-electron chi connectivity index (χ3n) is 2.21. The molecule has 0 aliphatic carbocycles. The number of hydrogen-bond acceptors (Lipinski definition) is 3. The fourth-order valence-corrected chi connectivity index (χ4v) is 1.49. The average Bonchev–Trinajstić information content (AvgIpc) is 2.30. The molecule has 1 aliphatic heterocycles. The molecule has 13 heavy (non-hydrogen) atoms. The van der Waals surface area contributed by atoms with Crippen molar-refractivity contribution in [3.63, 3.8) is 0 Å². The molecule has 1 atom stereocenters. The van der Waals surface area contributed by atoms with Crippen LogP contribution in [0.1, 0.15) is 32.1 Å². The number of nitrogens with one attached hydrogen (secondary N) is 1. The highest BCUT2D eigenvalue weighted by Crippen LogP contribution is 2.11. The lowest BCUT2D eigenvalue weighted by atomic mass is 10.1. The summed E-state index contributed by atoms with van der Waals surface area (Å²) in [5.74, 6) is -0.210. The van der Waals surface area contributed by atoms with E-state index >= 15 is 0 Å². The Bertz CT molecular complexity index is 203. The van der Waals surface area contributed by atoms with Gasteiger partial charge in [-0.3, -0.25) is 9.59 Å². The van der Waals surface area contributed by atoms with E-state index in [0.29, 0.717) is 12.8 Å². The Hall–Kier alpha value is -1.06. The number of hydrogen-bond donors (Lipinski definition) is 1. The van der Waals surface area contributed by atoms with E-state index in [-0.39, 0.29) is 17.9 Å². The van der Waals surface area contributed by atoms with Crippen LogP contribution in [0.2, 0.25) is 0 Å². The van der Waals surface area contributed by atoms with Gasteiger partial charge < -0.3 is 10.1 Å². The summed E-state index contributed by atoms with van der Waals surface area (Å²) in [6.45, 7) is 0. The fourth-order valence-electron chi connectivity index (χ4n) is 1.49. The number of amides is 1. The van der Waals surface area contributed by atoms with Gasteiger partial charge >= 0.3 is 5.97 Å². The number of carbonyl (C=O) groups excluding carboxylic acids is 2. The topological polar surface area (TPSA) is 55.4 Å². The predicted molar refractivity (Wildman–Crippen MR) is 47.0 cm³/mol. The number of esters is 1. The maximum Gasteiger partial charge on any atom is 0.307 e. The second-order valence-corrected chi connectivity index (χ2v) is 3.29. The molecule has 74 valence electrons. The zero-order chi connectivity index (χ0) is 9.68. The molecule has 0 bridgehead atoms. The van der Waals surface area contributed by atoms with Gasteiger partial charge in [-0.25, -0.2) is 0 Å². The van der Waals surface area contributed by atoms with Crippen molar-refractivity contribution in [3.8, 4) is 0 Å². The fraction of sp³-hybridized carbons (Fsp3) is 0.778. The first-order valence-electron chi connectivity index (χ1n) is 4.58. The van der Waals surface area contributed by atoms with E-state index < -0.39 is 0 Å². The normalized spacial score (nSPS) is 23.2. The third kappa shape index (κ3) is 3.44. The zero-order valence-corrected chi connectivity index (χ0v) is 7.84. The van der Waals surface area contributed by atoms with E-state index in [1.54, 1.807) is 0 Å². The molecule has 1 N–H and O–H groups in total. The van der Waals surface area contributed by atoms with Crippen molar-refractivity contribution >= 4 is 11.9 Å². The molecule has 4 nitrogen and oxygen atoms in total. The van der Waals surface area contributed by atoms with Crippen LogP contribution in [0.4, 0.5) is 0 Å². The average molecular weight is 185 g/mol. The number of methoxy groups -OCH3 is 1. The van der Waals surface area contributed by atoms with Crippen molar-refractivity contribution in [1.82, 2.24) is 5.32 Å². The Morgan fingerprint density at radius 1 is 1.62 bits per heavy atom. The van der Waals surface area contributed by atoms with Gasteiger partial charge in [-0.05, 0) is 12.8 Å². The molecule has 4 heteroatoms. The van der Waals surface area contributed by atoms with Crippen LogP contribution in [0.3, 0.4) is 0 Å². The Balaban J connectivity index is 2.39. The van der Waals surface area contributed by atoms with Gasteiger partial charge in [0.15, 0.2) is 0 Å². The molecule has 1 unspecified atom stereocenters. The second-order valence-electron chi connectivity index (χ2n) is 3.29. The first-order valence-corrected chi connectivity index (χ1v) is 4.58. The molecule has 1 heterocycles. The van der Waals surface area contributed by atoms with Crippen LogP contribution in [0.25, 0.3) is 0 Å². The van der Waals surface area contributed by atoms with Gasteiger partial charge in [0, 0.05) is 12.5 Å². The highest BCUT2D eigenvalue weighted by atomic mass is 16.5. The highest BCUT2D eigenvalue weighted by Gasteiger charge is 2.19. The van der Waals surface area contributed by atoms with Gasteiger partial charge in [0.1, 0.15) is 0 Å². The molecule has 0 aromatic carbocycles. The predicted octanol–water partition coefficient (Wildman–Crippen LogP) is 0.608. The van der Waals surface area contributed by atoms with Gasteiger partial charge in [0.2, 0.25) is 5.91 Å². The highest BCUT2D eigenvalue weighted by molar-refractivity contribution is 5.77. The SMILES string of the molecule is COC(=O)CC1CCCCC(=O)N1. The van der Waals surface area contributed by atoms with Crippen molar-refractivity contribution in [2.24, 2.45) is 0 Å². The van der Waals surface area contributed by atoms with Crippen LogP contribution >= 0.6 is 0 Å². The summed E-state index contributed by atoms with van der Waals surface area (Å²) in [6, 6.07) is -0.0255. The minimum atomic E-state index is -0.257. The number of rotatable bonds is 2. The first-order chi connectivity index (χ1) is 6.22. The molecule has 0 spiro atoms. The van der Waals surface area contributed by atoms with Crippen molar-refractivity contribution in [2.75, 3.05) is 7.11 Å². The summed E-state index contributed by atoms with van der Waals surface area (Å²) < 4.78 is 4.54. The summed E-state index contributed by atoms with van der Waals surface area (Å²) in [6.07, 6.45) is 3.67. The second kappa shape index (κ2) is 4.84. The lowest BCUT2D eigenvalue weighted by Gasteiger charge is -2.13. The van der Waals surface area contributed by atoms with Crippen LogP contribution in [0.5, 0.6) is 0 Å². The summed E-state index contributed by atoms with van der Waals surface area (Å²) >= 11 is 0. The molecule has 0 saturated carbocycles. The molecular weight excluding hydrogens is 170 g/mol. The molecule has 1 amide bonds. The van der Waals surface area contributed by atoms with Crippen molar-refractivity contribution in [3.05, 3.63) is 0 Å². The Morgan fingerprint density at radius 3 is 3.08 bits per heavy atom. The summed E-state index contributed by atoms with van der Waals surface area (Å²) in [5, 5.41) is 2.80. The van der Waals surface area contributed by atoms with Crippen LogP contribution in [0.15, 0.2) is 0 Å². The number of carbonyl (C=O) groups is 2. The Morgan fingerprint density at radius 2 is 2.38 bits per heavy atom. The van der Waals surface area contributed by atoms with E-state index in [0.717, 1.165) is 19.3 Å². The van der Waals surface area contributed by atoms with Crippen molar-refractivity contribution in [1.29, 1.82) is 0 Å². The summed E-state index contributed by atoms with van der Waals surface area (Å²) in [5.41, 5.74) is 0. The standard InChI is InChI=1S/C9H15NO3/c1-13-9(12)6-7-4-2-3-5-8(11)10-7/h7H,2-6H2,1H3,(H,10,11). The lowest BCUT2D eigenvalue weighted by Crippen LogP contribution is -2.34. The molecule has 1 saturated heterocycles. The van der Waals surface area contributed by atoms with Crippen LogP contribution in [-0.4, -0.2) is 25.0 Å². The van der Waals surface area contributed by atoms with Gasteiger partial charge in [-0.2, -0.15) is 0 Å². The van der Waals surface area contributed by atoms with Gasteiger partial charge in [-0.15, -0.1) is 0 Å². The number of ether oxygens (including phenoxy) is 1. The largest absolute Gasteiger partial charge is 0.469 e. The van der Waals surface area contributed by atoms with E-state index in [9.17, 15) is 9.59 Å².